The average molecular weight is 495 g/mol. The number of carbonyl (C=O) groups is 1. The van der Waals surface area contributed by atoms with Crippen molar-refractivity contribution in [1.29, 1.82) is 0 Å². The molecule has 2 atom stereocenters. The Morgan fingerprint density at radius 1 is 1.34 bits per heavy atom. The van der Waals surface area contributed by atoms with Gasteiger partial charge in [-0.2, -0.15) is 0 Å². The number of aliphatic hydroxyl groups excluding tert-OH is 1. The van der Waals surface area contributed by atoms with E-state index < -0.39 is 6.10 Å². The number of furan rings is 1. The summed E-state index contributed by atoms with van der Waals surface area (Å²) in [5.74, 6) is 1.60. The molecular formula is C28H34N2O4S. The summed E-state index contributed by atoms with van der Waals surface area (Å²) >= 11 is 1.74. The summed E-state index contributed by atoms with van der Waals surface area (Å²) in [5, 5.41) is 12.6. The van der Waals surface area contributed by atoms with Gasteiger partial charge in [0.05, 0.1) is 31.5 Å². The summed E-state index contributed by atoms with van der Waals surface area (Å²) in [6.45, 7) is 7.90. The number of benzene rings is 1. The van der Waals surface area contributed by atoms with E-state index in [1.807, 2.05) is 53.1 Å². The first kappa shape index (κ1) is 25.2. The molecular weight excluding hydrogens is 460 g/mol. The Bertz CT molecular complexity index is 1080. The van der Waals surface area contributed by atoms with E-state index in [9.17, 15) is 9.90 Å². The van der Waals surface area contributed by atoms with Crippen LogP contribution in [0.5, 0.6) is 5.75 Å². The van der Waals surface area contributed by atoms with Crippen molar-refractivity contribution in [3.63, 3.8) is 0 Å². The lowest BCUT2D eigenvalue weighted by atomic mass is 10.0. The summed E-state index contributed by atoms with van der Waals surface area (Å²) in [4.78, 5) is 18.9. The van der Waals surface area contributed by atoms with Crippen molar-refractivity contribution in [1.82, 2.24) is 9.80 Å². The zero-order chi connectivity index (χ0) is 24.6. The van der Waals surface area contributed by atoms with E-state index in [1.54, 1.807) is 23.7 Å². The second kappa shape index (κ2) is 12.2. The molecule has 1 amide bonds. The molecule has 0 saturated heterocycles. The number of fused-ring (bicyclic) bond motifs is 1. The lowest BCUT2D eigenvalue weighted by Crippen LogP contribution is -2.47. The van der Waals surface area contributed by atoms with Crippen molar-refractivity contribution >= 4 is 17.2 Å². The van der Waals surface area contributed by atoms with Gasteiger partial charge in [0.15, 0.2) is 0 Å². The quantitative estimate of drug-likeness (QED) is 0.360. The third kappa shape index (κ3) is 6.84. The molecule has 0 saturated carbocycles. The van der Waals surface area contributed by atoms with Crippen molar-refractivity contribution in [2.45, 2.75) is 44.9 Å². The Balaban J connectivity index is 1.47. The standard InChI is InChI=1S/C28H34N2O4S/c1-3-4-6-22(31)17-29(18-24-7-5-15-33-24)19-28(32)30-14-12-27-25(13-16-35-27)26(30)20-34-23-10-8-21(2)9-11-23/h3,5,7-11,13,15-16,22,26,31H,1,4,6,12,14,17-20H2,2H3/t22-,26+/m1/s1. The summed E-state index contributed by atoms with van der Waals surface area (Å²) in [5.41, 5.74) is 2.35. The van der Waals surface area contributed by atoms with E-state index >= 15 is 0 Å². The van der Waals surface area contributed by atoms with Crippen LogP contribution in [0.3, 0.4) is 0 Å². The van der Waals surface area contributed by atoms with Gasteiger partial charge in [0.1, 0.15) is 18.1 Å². The Hall–Kier alpha value is -2.87. The average Bonchev–Trinajstić information content (AvgIpc) is 3.54. The fourth-order valence-corrected chi connectivity index (χ4v) is 5.40. The molecule has 0 radical (unpaired) electrons. The minimum atomic E-state index is -0.540. The molecule has 2 aromatic heterocycles. The highest BCUT2D eigenvalue weighted by atomic mass is 32.1. The number of carbonyl (C=O) groups excluding carboxylic acids is 1. The van der Waals surface area contributed by atoms with Gasteiger partial charge in [-0.15, -0.1) is 17.9 Å². The molecule has 1 N–H and O–H groups in total. The SMILES string of the molecule is C=CCC[C@@H](O)CN(CC(=O)N1CCc2sccc2[C@@H]1COc1ccc(C)cc1)Cc1ccco1. The zero-order valence-electron chi connectivity index (χ0n) is 20.3. The molecule has 3 aromatic rings. The number of hydrogen-bond acceptors (Lipinski definition) is 6. The lowest BCUT2D eigenvalue weighted by Gasteiger charge is -2.37. The van der Waals surface area contributed by atoms with Gasteiger partial charge in [-0.1, -0.05) is 23.8 Å². The Kier molecular flexibility index (Phi) is 8.79. The zero-order valence-corrected chi connectivity index (χ0v) is 21.1. The molecule has 0 spiro atoms. The van der Waals surface area contributed by atoms with E-state index in [4.69, 9.17) is 9.15 Å². The summed E-state index contributed by atoms with van der Waals surface area (Å²) < 4.78 is 11.7. The van der Waals surface area contributed by atoms with Crippen LogP contribution in [0.25, 0.3) is 0 Å². The molecule has 4 rings (SSSR count). The maximum absolute atomic E-state index is 13.6. The number of ether oxygens (including phenoxy) is 1. The third-order valence-corrected chi connectivity index (χ3v) is 7.33. The third-order valence-electron chi connectivity index (χ3n) is 6.34. The number of aryl methyl sites for hydroxylation is 1. The van der Waals surface area contributed by atoms with Crippen LogP contribution in [0.2, 0.25) is 0 Å². The first-order chi connectivity index (χ1) is 17.0. The predicted molar refractivity (Wildman–Crippen MR) is 139 cm³/mol. The van der Waals surface area contributed by atoms with Crippen molar-refractivity contribution < 1.29 is 19.1 Å². The molecule has 7 heteroatoms. The number of hydrogen-bond donors (Lipinski definition) is 1. The summed E-state index contributed by atoms with van der Waals surface area (Å²) in [6, 6.07) is 13.7. The van der Waals surface area contributed by atoms with Crippen LogP contribution in [0.15, 0.2) is 71.2 Å². The second-order valence-corrected chi connectivity index (χ2v) is 10.0. The number of thiophene rings is 1. The molecule has 1 aromatic carbocycles. The Labute approximate surface area is 211 Å². The fraction of sp³-hybridized carbons (Fsp3) is 0.393. The second-order valence-electron chi connectivity index (χ2n) is 9.04. The normalized spacial score (nSPS) is 16.2. The molecule has 35 heavy (non-hydrogen) atoms. The highest BCUT2D eigenvalue weighted by Gasteiger charge is 2.33. The molecule has 1 aliphatic rings. The molecule has 0 fully saturated rings. The van der Waals surface area contributed by atoms with E-state index in [0.717, 1.165) is 24.4 Å². The van der Waals surface area contributed by atoms with Crippen molar-refractivity contribution in [2.24, 2.45) is 0 Å². The molecule has 6 nitrogen and oxygen atoms in total. The van der Waals surface area contributed by atoms with Crippen molar-refractivity contribution in [3.05, 3.63) is 88.5 Å². The van der Waals surface area contributed by atoms with E-state index in [-0.39, 0.29) is 18.5 Å². The van der Waals surface area contributed by atoms with Crippen LogP contribution >= 0.6 is 11.3 Å². The highest BCUT2D eigenvalue weighted by Crippen LogP contribution is 2.34. The highest BCUT2D eigenvalue weighted by molar-refractivity contribution is 7.10. The smallest absolute Gasteiger partial charge is 0.237 e. The number of rotatable bonds is 12. The van der Waals surface area contributed by atoms with Crippen LogP contribution in [-0.2, 0) is 17.8 Å². The fourth-order valence-electron chi connectivity index (χ4n) is 4.47. The molecule has 186 valence electrons. The lowest BCUT2D eigenvalue weighted by molar-refractivity contribution is -0.136. The van der Waals surface area contributed by atoms with Gasteiger partial charge in [-0.05, 0) is 67.5 Å². The summed E-state index contributed by atoms with van der Waals surface area (Å²) in [6.07, 6.45) is 5.08. The number of nitrogens with zero attached hydrogens (tertiary/aromatic N) is 2. The van der Waals surface area contributed by atoms with Gasteiger partial charge in [-0.25, -0.2) is 0 Å². The van der Waals surface area contributed by atoms with Gasteiger partial charge >= 0.3 is 0 Å². The van der Waals surface area contributed by atoms with E-state index in [2.05, 4.69) is 18.0 Å². The van der Waals surface area contributed by atoms with E-state index in [1.165, 1.54) is 16.0 Å². The first-order valence-corrected chi connectivity index (χ1v) is 13.0. The first-order valence-electron chi connectivity index (χ1n) is 12.1. The van der Waals surface area contributed by atoms with Crippen LogP contribution in [0, 0.1) is 6.92 Å². The van der Waals surface area contributed by atoms with Gasteiger partial charge in [0.2, 0.25) is 5.91 Å². The van der Waals surface area contributed by atoms with Crippen LogP contribution in [-0.4, -0.2) is 53.2 Å². The molecule has 3 heterocycles. The summed E-state index contributed by atoms with van der Waals surface area (Å²) in [7, 11) is 0. The number of aliphatic hydroxyl groups is 1. The van der Waals surface area contributed by atoms with Gasteiger partial charge in [0.25, 0.3) is 0 Å². The number of allylic oxidation sites excluding steroid dienone is 1. The van der Waals surface area contributed by atoms with Crippen LogP contribution in [0.1, 0.15) is 40.6 Å². The maximum Gasteiger partial charge on any atom is 0.237 e. The minimum absolute atomic E-state index is 0.0295. The molecule has 1 aliphatic heterocycles. The number of amides is 1. The Morgan fingerprint density at radius 2 is 2.17 bits per heavy atom. The van der Waals surface area contributed by atoms with E-state index in [0.29, 0.717) is 32.7 Å². The van der Waals surface area contributed by atoms with Gasteiger partial charge < -0.3 is 19.2 Å². The topological polar surface area (TPSA) is 66.2 Å². The maximum atomic E-state index is 13.6. The molecule has 0 bridgehead atoms. The largest absolute Gasteiger partial charge is 0.491 e. The van der Waals surface area contributed by atoms with Crippen molar-refractivity contribution in [2.75, 3.05) is 26.2 Å². The van der Waals surface area contributed by atoms with Gasteiger partial charge in [0, 0.05) is 18.0 Å². The van der Waals surface area contributed by atoms with Gasteiger partial charge in [-0.3, -0.25) is 9.69 Å². The molecule has 0 unspecified atom stereocenters. The monoisotopic (exact) mass is 494 g/mol. The van der Waals surface area contributed by atoms with Crippen LogP contribution in [0.4, 0.5) is 0 Å². The molecule has 0 aliphatic carbocycles. The minimum Gasteiger partial charge on any atom is -0.491 e. The van der Waals surface area contributed by atoms with Crippen LogP contribution < -0.4 is 4.74 Å². The van der Waals surface area contributed by atoms with Crippen molar-refractivity contribution in [3.8, 4) is 5.75 Å². The predicted octanol–water partition coefficient (Wildman–Crippen LogP) is 4.98. The Morgan fingerprint density at radius 3 is 2.91 bits per heavy atom.